The van der Waals surface area contributed by atoms with Crippen LogP contribution < -0.4 is 5.32 Å². The molecule has 5 atom stereocenters. The van der Waals surface area contributed by atoms with E-state index in [-0.39, 0.29) is 29.6 Å². The lowest BCUT2D eigenvalue weighted by atomic mass is 9.81. The van der Waals surface area contributed by atoms with E-state index in [1.165, 1.54) is 4.90 Å². The Morgan fingerprint density at radius 3 is 2.54 bits per heavy atom. The number of anilines is 1. The Labute approximate surface area is 163 Å². The first-order valence-electron chi connectivity index (χ1n) is 10.1. The molecule has 1 aromatic carbocycles. The lowest BCUT2D eigenvalue weighted by Gasteiger charge is -2.23. The molecule has 28 heavy (non-hydrogen) atoms. The van der Waals surface area contributed by atoms with Gasteiger partial charge in [-0.3, -0.25) is 19.3 Å². The van der Waals surface area contributed by atoms with Crippen molar-refractivity contribution in [1.82, 2.24) is 14.5 Å². The third-order valence-electron chi connectivity index (χ3n) is 6.96. The fourth-order valence-corrected chi connectivity index (χ4v) is 5.57. The number of imide groups is 1. The fourth-order valence-electron chi connectivity index (χ4n) is 5.57. The lowest BCUT2D eigenvalue weighted by Crippen LogP contribution is -2.46. The van der Waals surface area contributed by atoms with E-state index in [0.29, 0.717) is 17.5 Å². The second-order valence-corrected chi connectivity index (χ2v) is 8.33. The largest absolute Gasteiger partial charge is 0.331 e. The number of likely N-dealkylation sites (tertiary alicyclic amines) is 1. The van der Waals surface area contributed by atoms with Crippen LogP contribution in [0, 0.1) is 23.7 Å². The maximum Gasteiger partial charge on any atom is 0.247 e. The van der Waals surface area contributed by atoms with Crippen LogP contribution in [-0.2, 0) is 20.9 Å². The van der Waals surface area contributed by atoms with Gasteiger partial charge in [-0.05, 0) is 63.1 Å². The van der Waals surface area contributed by atoms with Crippen molar-refractivity contribution in [2.75, 3.05) is 5.32 Å². The minimum atomic E-state index is -0.811. The van der Waals surface area contributed by atoms with Crippen molar-refractivity contribution in [3.05, 3.63) is 24.5 Å². The Morgan fingerprint density at radius 1 is 1.21 bits per heavy atom. The average molecular weight is 380 g/mol. The number of nitrogens with one attached hydrogen (secondary N) is 1. The normalized spacial score (nSPS) is 29.6. The number of aryl methyl sites for hydroxylation is 1. The molecular formula is C21H24N4O3. The van der Waals surface area contributed by atoms with Crippen LogP contribution in [0.2, 0.25) is 0 Å². The number of nitrogens with zero attached hydrogens (tertiary/aromatic N) is 3. The molecule has 2 aromatic rings. The maximum atomic E-state index is 12.9. The van der Waals surface area contributed by atoms with Gasteiger partial charge < -0.3 is 9.88 Å². The van der Waals surface area contributed by atoms with Crippen molar-refractivity contribution >= 4 is 34.4 Å². The molecule has 2 aliphatic carbocycles. The van der Waals surface area contributed by atoms with Gasteiger partial charge in [-0.1, -0.05) is 0 Å². The molecule has 0 unspecified atom stereocenters. The van der Waals surface area contributed by atoms with E-state index in [1.807, 2.05) is 29.7 Å². The van der Waals surface area contributed by atoms with E-state index in [4.69, 9.17) is 0 Å². The summed E-state index contributed by atoms with van der Waals surface area (Å²) >= 11 is 0. The summed E-state index contributed by atoms with van der Waals surface area (Å²) in [6.45, 7) is 4.51. The number of fused-ring (bicyclic) bond motifs is 6. The Balaban J connectivity index is 1.34. The zero-order chi connectivity index (χ0) is 19.6. The van der Waals surface area contributed by atoms with Gasteiger partial charge in [-0.2, -0.15) is 0 Å². The van der Waals surface area contributed by atoms with Crippen molar-refractivity contribution in [2.45, 2.75) is 45.7 Å². The van der Waals surface area contributed by atoms with Crippen LogP contribution in [0.4, 0.5) is 5.69 Å². The first-order valence-corrected chi connectivity index (χ1v) is 10.1. The molecule has 3 aliphatic rings. The van der Waals surface area contributed by atoms with Crippen LogP contribution >= 0.6 is 0 Å². The highest BCUT2D eigenvalue weighted by Crippen LogP contribution is 2.56. The highest BCUT2D eigenvalue weighted by atomic mass is 16.2. The number of benzene rings is 1. The molecular weight excluding hydrogens is 356 g/mol. The van der Waals surface area contributed by atoms with E-state index >= 15 is 0 Å². The summed E-state index contributed by atoms with van der Waals surface area (Å²) in [5.41, 5.74) is 2.42. The molecule has 1 aliphatic heterocycles. The molecule has 0 radical (unpaired) electrons. The second-order valence-electron chi connectivity index (χ2n) is 8.33. The zero-order valence-corrected chi connectivity index (χ0v) is 16.1. The van der Waals surface area contributed by atoms with Crippen LogP contribution in [0.5, 0.6) is 0 Å². The molecule has 0 spiro atoms. The van der Waals surface area contributed by atoms with Crippen LogP contribution in [0.3, 0.4) is 0 Å². The van der Waals surface area contributed by atoms with E-state index in [9.17, 15) is 14.4 Å². The monoisotopic (exact) mass is 380 g/mol. The van der Waals surface area contributed by atoms with E-state index in [2.05, 4.69) is 10.3 Å². The standard InChI is InChI=1S/C21H24N4O3/c1-3-24-10-22-15-9-14(6-7-16(15)24)23-19(26)11(2)25-20(27)17-12-4-5-13(8-12)18(17)21(25)28/h6-7,9-13,17-18H,3-5,8H2,1-2H3,(H,23,26)/t11-,12-,13-,17-,18+/m0/s1. The Bertz CT molecular complexity index is 969. The number of rotatable bonds is 4. The first kappa shape index (κ1) is 17.4. The molecule has 2 heterocycles. The number of hydrogen-bond acceptors (Lipinski definition) is 4. The van der Waals surface area contributed by atoms with Crippen molar-refractivity contribution < 1.29 is 14.4 Å². The summed E-state index contributed by atoms with van der Waals surface area (Å²) < 4.78 is 2.03. The Morgan fingerprint density at radius 2 is 1.89 bits per heavy atom. The topological polar surface area (TPSA) is 84.3 Å². The number of carbonyl (C=O) groups is 3. The van der Waals surface area contributed by atoms with Gasteiger partial charge in [0.15, 0.2) is 0 Å². The highest BCUT2D eigenvalue weighted by Gasteiger charge is 2.62. The SMILES string of the molecule is CCn1cnc2cc(NC(=O)[C@H](C)N3C(=O)[C@@H]4[C@H]5CC[C@@H](C5)[C@@H]4C3=O)ccc21. The van der Waals surface area contributed by atoms with Gasteiger partial charge >= 0.3 is 0 Å². The lowest BCUT2D eigenvalue weighted by molar-refractivity contribution is -0.146. The van der Waals surface area contributed by atoms with Gasteiger partial charge in [0.2, 0.25) is 17.7 Å². The van der Waals surface area contributed by atoms with Gasteiger partial charge in [0.05, 0.1) is 29.2 Å². The summed E-state index contributed by atoms with van der Waals surface area (Å²) in [4.78, 5) is 44.2. The first-order chi connectivity index (χ1) is 13.5. The average Bonchev–Trinajstić information content (AvgIpc) is 3.44. The Kier molecular flexibility index (Phi) is 3.82. The minimum absolute atomic E-state index is 0.151. The summed E-state index contributed by atoms with van der Waals surface area (Å²) in [7, 11) is 0. The quantitative estimate of drug-likeness (QED) is 0.826. The number of amides is 3. The molecule has 1 N–H and O–H groups in total. The molecule has 146 valence electrons. The molecule has 1 aromatic heterocycles. The number of aromatic nitrogens is 2. The number of imidazole rings is 1. The van der Waals surface area contributed by atoms with Crippen molar-refractivity contribution in [3.63, 3.8) is 0 Å². The van der Waals surface area contributed by atoms with Crippen molar-refractivity contribution in [1.29, 1.82) is 0 Å². The molecule has 3 amide bonds. The third kappa shape index (κ3) is 2.34. The number of carbonyl (C=O) groups excluding carboxylic acids is 3. The molecule has 2 bridgehead atoms. The van der Waals surface area contributed by atoms with Gasteiger partial charge in [-0.15, -0.1) is 0 Å². The minimum Gasteiger partial charge on any atom is -0.331 e. The Hall–Kier alpha value is -2.70. The van der Waals surface area contributed by atoms with Crippen LogP contribution in [-0.4, -0.2) is 38.2 Å². The molecule has 2 saturated carbocycles. The van der Waals surface area contributed by atoms with Gasteiger partial charge in [0.25, 0.3) is 0 Å². The molecule has 1 saturated heterocycles. The maximum absolute atomic E-state index is 12.9. The predicted molar refractivity (Wildman–Crippen MR) is 103 cm³/mol. The molecule has 7 nitrogen and oxygen atoms in total. The molecule has 3 fully saturated rings. The van der Waals surface area contributed by atoms with Crippen molar-refractivity contribution in [3.8, 4) is 0 Å². The molecule has 7 heteroatoms. The highest BCUT2D eigenvalue weighted by molar-refractivity contribution is 6.10. The summed E-state index contributed by atoms with van der Waals surface area (Å²) in [6.07, 6.45) is 4.83. The molecule has 5 rings (SSSR count). The summed E-state index contributed by atoms with van der Waals surface area (Å²) in [5.74, 6) is -0.399. The predicted octanol–water partition coefficient (Wildman–Crippen LogP) is 2.41. The van der Waals surface area contributed by atoms with Gasteiger partial charge in [0.1, 0.15) is 6.04 Å². The fraction of sp³-hybridized carbons (Fsp3) is 0.524. The summed E-state index contributed by atoms with van der Waals surface area (Å²) in [6, 6.07) is 4.74. The van der Waals surface area contributed by atoms with E-state index in [1.54, 1.807) is 13.3 Å². The van der Waals surface area contributed by atoms with Crippen LogP contribution in [0.25, 0.3) is 11.0 Å². The van der Waals surface area contributed by atoms with Crippen molar-refractivity contribution in [2.24, 2.45) is 23.7 Å². The zero-order valence-electron chi connectivity index (χ0n) is 16.1. The van der Waals surface area contributed by atoms with Gasteiger partial charge in [0, 0.05) is 12.2 Å². The van der Waals surface area contributed by atoms with E-state index < -0.39 is 6.04 Å². The van der Waals surface area contributed by atoms with Gasteiger partial charge in [-0.25, -0.2) is 4.98 Å². The van der Waals surface area contributed by atoms with Crippen LogP contribution in [0.15, 0.2) is 24.5 Å². The summed E-state index contributed by atoms with van der Waals surface area (Å²) in [5, 5.41) is 2.85. The second kappa shape index (κ2) is 6.15. The smallest absolute Gasteiger partial charge is 0.247 e. The number of hydrogen-bond donors (Lipinski definition) is 1. The van der Waals surface area contributed by atoms with E-state index in [0.717, 1.165) is 36.8 Å². The third-order valence-corrected chi connectivity index (χ3v) is 6.96. The van der Waals surface area contributed by atoms with Crippen LogP contribution in [0.1, 0.15) is 33.1 Å².